The molecule has 0 saturated carbocycles. The van der Waals surface area contributed by atoms with E-state index in [4.69, 9.17) is 33.3 Å². The lowest BCUT2D eigenvalue weighted by Gasteiger charge is -2.49. The summed E-state index contributed by atoms with van der Waals surface area (Å²) in [6.45, 7) is 9.04. The lowest BCUT2D eigenvalue weighted by molar-refractivity contribution is 0.0400. The molecule has 0 bridgehead atoms. The smallest absolute Gasteiger partial charge is 0.375 e. The van der Waals surface area contributed by atoms with E-state index in [1.165, 1.54) is 28.4 Å². The van der Waals surface area contributed by atoms with Gasteiger partial charge < -0.3 is 33.3 Å². The summed E-state index contributed by atoms with van der Waals surface area (Å²) in [7, 11) is -0.904. The minimum absolute atomic E-state index is 0.525. The van der Waals surface area contributed by atoms with Crippen LogP contribution in [-0.4, -0.2) is 69.7 Å². The Morgan fingerprint density at radius 2 is 0.960 bits per heavy atom. The summed E-state index contributed by atoms with van der Waals surface area (Å²) < 4.78 is 29.5. The van der Waals surface area contributed by atoms with Crippen molar-refractivity contribution >= 4 is 17.6 Å². The summed E-state index contributed by atoms with van der Waals surface area (Å²) in [5, 5.41) is 4.45. The number of hydrogen-bond donors (Lipinski definition) is 4. The number of rotatable bonds is 14. The summed E-state index contributed by atoms with van der Waals surface area (Å²) >= 11 is 0. The van der Waals surface area contributed by atoms with E-state index >= 15 is 0 Å². The maximum atomic E-state index is 6.61. The Labute approximate surface area is 154 Å². The van der Waals surface area contributed by atoms with Crippen LogP contribution in [0, 0.1) is 0 Å². The van der Waals surface area contributed by atoms with E-state index in [2.05, 4.69) is 10.6 Å². The van der Waals surface area contributed by atoms with Gasteiger partial charge in [0.2, 0.25) is 0 Å². The molecule has 0 aromatic carbocycles. The SMILES string of the molecule is CCNC(N)(CC)[Si](OC)(OC)O[Si](OC)(OC)C(N)(CC)NCC. The molecule has 2 atom stereocenters. The average molecular weight is 399 g/mol. The molecule has 25 heavy (non-hydrogen) atoms. The highest BCUT2D eigenvalue weighted by atomic mass is 28.5. The third-order valence-electron chi connectivity index (χ3n) is 4.54. The summed E-state index contributed by atoms with van der Waals surface area (Å²) in [6.07, 6.45) is 1.05. The van der Waals surface area contributed by atoms with Crippen LogP contribution in [0.2, 0.25) is 0 Å². The fraction of sp³-hybridized carbons (Fsp3) is 1.00. The number of nitrogens with one attached hydrogen (secondary N) is 2. The van der Waals surface area contributed by atoms with Gasteiger partial charge in [-0.15, -0.1) is 0 Å². The van der Waals surface area contributed by atoms with Crippen molar-refractivity contribution in [1.29, 1.82) is 0 Å². The van der Waals surface area contributed by atoms with Gasteiger partial charge in [-0.2, -0.15) is 0 Å². The molecule has 9 nitrogen and oxygen atoms in total. The van der Waals surface area contributed by atoms with Gasteiger partial charge in [-0.1, -0.05) is 27.7 Å². The quantitative estimate of drug-likeness (QED) is 0.234. The fourth-order valence-electron chi connectivity index (χ4n) is 2.95. The van der Waals surface area contributed by atoms with E-state index in [1.54, 1.807) is 0 Å². The van der Waals surface area contributed by atoms with Crippen molar-refractivity contribution in [2.45, 2.75) is 51.1 Å². The Hall–Kier alpha value is 0.0738. The van der Waals surface area contributed by atoms with Crippen molar-refractivity contribution in [3.8, 4) is 0 Å². The molecule has 152 valence electrons. The van der Waals surface area contributed by atoms with Crippen LogP contribution in [0.1, 0.15) is 40.5 Å². The Bertz CT molecular complexity index is 354. The average Bonchev–Trinajstić information content (AvgIpc) is 2.63. The Morgan fingerprint density at radius 3 is 1.12 bits per heavy atom. The summed E-state index contributed by atoms with van der Waals surface area (Å²) in [4.78, 5) is 0. The van der Waals surface area contributed by atoms with Crippen molar-refractivity contribution in [1.82, 2.24) is 10.6 Å². The molecule has 0 rings (SSSR count). The van der Waals surface area contributed by atoms with E-state index in [1.807, 2.05) is 27.7 Å². The number of hydrogen-bond acceptors (Lipinski definition) is 9. The lowest BCUT2D eigenvalue weighted by atomic mass is 10.4. The highest BCUT2D eigenvalue weighted by Gasteiger charge is 2.68. The monoisotopic (exact) mass is 398 g/mol. The minimum Gasteiger partial charge on any atom is -0.375 e. The zero-order valence-corrected chi connectivity index (χ0v) is 19.0. The second kappa shape index (κ2) is 10.4. The molecule has 6 N–H and O–H groups in total. The van der Waals surface area contributed by atoms with Gasteiger partial charge in [-0.05, 0) is 25.9 Å². The van der Waals surface area contributed by atoms with Gasteiger partial charge in [0, 0.05) is 28.4 Å². The molecule has 0 aromatic heterocycles. The van der Waals surface area contributed by atoms with Crippen molar-refractivity contribution in [3.05, 3.63) is 0 Å². The normalized spacial score (nSPS) is 18.0. The van der Waals surface area contributed by atoms with Gasteiger partial charge in [-0.3, -0.25) is 10.6 Å². The van der Waals surface area contributed by atoms with E-state index in [0.717, 1.165) is 0 Å². The summed E-state index contributed by atoms with van der Waals surface area (Å²) in [5.74, 6) is 0. The molecule has 0 spiro atoms. The zero-order chi connectivity index (χ0) is 19.8. The van der Waals surface area contributed by atoms with Crippen molar-refractivity contribution in [2.24, 2.45) is 11.5 Å². The van der Waals surface area contributed by atoms with Gasteiger partial charge in [0.1, 0.15) is 10.6 Å². The summed E-state index contributed by atoms with van der Waals surface area (Å²) in [5.41, 5.74) is 13.2. The predicted octanol–water partition coefficient (Wildman–Crippen LogP) is -0.106. The maximum Gasteiger partial charge on any atom is 0.529 e. The van der Waals surface area contributed by atoms with Crippen LogP contribution >= 0.6 is 0 Å². The first-order valence-electron chi connectivity index (χ1n) is 8.68. The predicted molar refractivity (Wildman–Crippen MR) is 102 cm³/mol. The molecule has 0 aliphatic heterocycles. The second-order valence-electron chi connectivity index (χ2n) is 5.74. The molecule has 0 aromatic rings. The van der Waals surface area contributed by atoms with Crippen molar-refractivity contribution < 1.29 is 21.8 Å². The molecule has 11 heteroatoms. The highest BCUT2D eigenvalue weighted by molar-refractivity contribution is 6.78. The molecule has 0 saturated heterocycles. The maximum absolute atomic E-state index is 6.61. The van der Waals surface area contributed by atoms with Crippen LogP contribution in [-0.2, 0) is 21.8 Å². The van der Waals surface area contributed by atoms with Crippen LogP contribution in [0.5, 0.6) is 0 Å². The van der Waals surface area contributed by atoms with Gasteiger partial charge in [0.05, 0.1) is 0 Å². The molecular weight excluding hydrogens is 360 g/mol. The molecule has 0 amide bonds. The first kappa shape index (κ1) is 25.1. The van der Waals surface area contributed by atoms with E-state index in [0.29, 0.717) is 25.9 Å². The first-order valence-corrected chi connectivity index (χ1v) is 12.1. The van der Waals surface area contributed by atoms with Crippen LogP contribution in [0.4, 0.5) is 0 Å². The molecule has 0 radical (unpaired) electrons. The third-order valence-corrected chi connectivity index (χ3v) is 12.1. The molecule has 0 fully saturated rings. The lowest BCUT2D eigenvalue weighted by Crippen LogP contribution is -2.84. The van der Waals surface area contributed by atoms with Crippen molar-refractivity contribution in [3.63, 3.8) is 0 Å². The topological polar surface area (TPSA) is 122 Å². The Kier molecular flexibility index (Phi) is 10.4. The first-order chi connectivity index (χ1) is 11.7. The van der Waals surface area contributed by atoms with Gasteiger partial charge in [0.15, 0.2) is 0 Å². The van der Waals surface area contributed by atoms with Crippen LogP contribution in [0.25, 0.3) is 0 Å². The molecular formula is C14H38N4O5Si2. The Balaban J connectivity index is 6.21. The van der Waals surface area contributed by atoms with E-state index < -0.39 is 28.2 Å². The van der Waals surface area contributed by atoms with Gasteiger partial charge >= 0.3 is 17.6 Å². The van der Waals surface area contributed by atoms with Crippen LogP contribution < -0.4 is 22.1 Å². The molecule has 0 heterocycles. The van der Waals surface area contributed by atoms with E-state index in [9.17, 15) is 0 Å². The third kappa shape index (κ3) is 4.68. The van der Waals surface area contributed by atoms with Crippen LogP contribution in [0.3, 0.4) is 0 Å². The standard InChI is InChI=1S/C14H38N4O5Si2/c1-9-13(15,17-11-3)24(19-5,20-6)23-25(21-7,22-8)14(16,10-2)18-12-4/h17-18H,9-12,15-16H2,1-8H3. The Morgan fingerprint density at radius 1 is 0.680 bits per heavy atom. The molecule has 0 aliphatic rings. The molecule has 0 aliphatic carbocycles. The van der Waals surface area contributed by atoms with E-state index in [-0.39, 0.29) is 0 Å². The largest absolute Gasteiger partial charge is 0.529 e. The fourth-order valence-corrected chi connectivity index (χ4v) is 10.6. The summed E-state index contributed by atoms with van der Waals surface area (Å²) in [6, 6.07) is 0. The second-order valence-corrected chi connectivity index (χ2v) is 12.2. The minimum atomic E-state index is -3.49. The zero-order valence-electron chi connectivity index (χ0n) is 17.0. The van der Waals surface area contributed by atoms with Crippen LogP contribution in [0.15, 0.2) is 0 Å². The molecule has 2 unspecified atom stereocenters. The highest BCUT2D eigenvalue weighted by Crippen LogP contribution is 2.31. The van der Waals surface area contributed by atoms with Crippen molar-refractivity contribution in [2.75, 3.05) is 41.5 Å². The van der Waals surface area contributed by atoms with Gasteiger partial charge in [0.25, 0.3) is 0 Å². The van der Waals surface area contributed by atoms with Gasteiger partial charge in [-0.25, -0.2) is 0 Å². The number of nitrogens with two attached hydrogens (primary N) is 2.